The topological polar surface area (TPSA) is 74.3 Å². The van der Waals surface area contributed by atoms with Gasteiger partial charge in [0.1, 0.15) is 10.9 Å². The number of thiazole rings is 1. The fourth-order valence-corrected chi connectivity index (χ4v) is 3.51. The number of halogens is 3. The van der Waals surface area contributed by atoms with Crippen molar-refractivity contribution in [2.24, 2.45) is 0 Å². The number of urea groups is 1. The van der Waals surface area contributed by atoms with Gasteiger partial charge in [0.2, 0.25) is 5.91 Å². The van der Waals surface area contributed by atoms with E-state index in [9.17, 15) is 22.8 Å². The number of hydrogen-bond donors (Lipinski definition) is 2. The van der Waals surface area contributed by atoms with E-state index in [-0.39, 0.29) is 22.8 Å². The van der Waals surface area contributed by atoms with Gasteiger partial charge >= 0.3 is 12.2 Å². The molecule has 1 aliphatic carbocycles. The Labute approximate surface area is 140 Å². The molecular formula is C14H17F3N4O2S. The minimum atomic E-state index is -4.49. The molecule has 0 radical (unpaired) electrons. The summed E-state index contributed by atoms with van der Waals surface area (Å²) in [4.78, 5) is 28.8. The lowest BCUT2D eigenvalue weighted by Crippen LogP contribution is -2.47. The van der Waals surface area contributed by atoms with Gasteiger partial charge < -0.3 is 10.2 Å². The third kappa shape index (κ3) is 3.63. The Bertz CT molecular complexity index is 657. The lowest BCUT2D eigenvalue weighted by atomic mass is 10.2. The molecular weight excluding hydrogens is 345 g/mol. The number of aryl methyl sites for hydroxylation is 1. The van der Waals surface area contributed by atoms with Gasteiger partial charge in [-0.3, -0.25) is 10.1 Å². The van der Waals surface area contributed by atoms with Crippen molar-refractivity contribution >= 4 is 28.4 Å². The molecule has 1 atom stereocenters. The van der Waals surface area contributed by atoms with Crippen molar-refractivity contribution in [1.29, 1.82) is 0 Å². The zero-order valence-electron chi connectivity index (χ0n) is 12.9. The first-order valence-electron chi connectivity index (χ1n) is 7.68. The van der Waals surface area contributed by atoms with Crippen molar-refractivity contribution in [3.8, 4) is 0 Å². The lowest BCUT2D eigenvalue weighted by Gasteiger charge is -2.23. The Morgan fingerprint density at radius 2 is 2.00 bits per heavy atom. The molecule has 2 heterocycles. The molecule has 1 aromatic rings. The zero-order chi connectivity index (χ0) is 17.5. The van der Waals surface area contributed by atoms with E-state index in [0.29, 0.717) is 30.7 Å². The van der Waals surface area contributed by atoms with Crippen LogP contribution in [0.1, 0.15) is 36.3 Å². The molecule has 1 unspecified atom stereocenters. The zero-order valence-corrected chi connectivity index (χ0v) is 13.8. The Kier molecular flexibility index (Phi) is 4.41. The van der Waals surface area contributed by atoms with E-state index >= 15 is 0 Å². The normalized spacial score (nSPS) is 21.0. The number of aromatic nitrogens is 1. The average Bonchev–Trinajstić information content (AvgIpc) is 3.00. The molecule has 1 aliphatic heterocycles. The van der Waals surface area contributed by atoms with Crippen LogP contribution in [0.3, 0.4) is 0 Å². The molecule has 0 spiro atoms. The molecule has 132 valence electrons. The Balaban J connectivity index is 1.66. The van der Waals surface area contributed by atoms with Gasteiger partial charge in [-0.1, -0.05) is 11.3 Å². The highest BCUT2D eigenvalue weighted by atomic mass is 32.1. The lowest BCUT2D eigenvalue weighted by molar-refractivity contribution is -0.135. The van der Waals surface area contributed by atoms with E-state index in [1.54, 1.807) is 0 Å². The molecule has 0 aromatic carbocycles. The van der Waals surface area contributed by atoms with Gasteiger partial charge in [0.25, 0.3) is 0 Å². The second-order valence-corrected chi connectivity index (χ2v) is 6.99. The largest absolute Gasteiger partial charge is 0.427 e. The summed E-state index contributed by atoms with van der Waals surface area (Å²) in [5.41, 5.74) is -0.174. The average molecular weight is 362 g/mol. The molecule has 1 aromatic heterocycles. The molecule has 10 heteroatoms. The summed E-state index contributed by atoms with van der Waals surface area (Å²) >= 11 is 0.389. The van der Waals surface area contributed by atoms with Crippen LogP contribution in [0, 0.1) is 6.92 Å². The molecule has 6 nitrogen and oxygen atoms in total. The summed E-state index contributed by atoms with van der Waals surface area (Å²) in [6.07, 6.45) is -1.37. The summed E-state index contributed by atoms with van der Waals surface area (Å²) < 4.78 is 38.4. The fourth-order valence-electron chi connectivity index (χ4n) is 2.68. The van der Waals surface area contributed by atoms with Gasteiger partial charge in [-0.05, 0) is 32.6 Å². The summed E-state index contributed by atoms with van der Waals surface area (Å²) in [7, 11) is 0. The number of carbonyl (C=O) groups is 2. The number of anilines is 1. The summed E-state index contributed by atoms with van der Waals surface area (Å²) in [6, 6.07) is -0.973. The third-order valence-electron chi connectivity index (χ3n) is 4.01. The minimum Gasteiger partial charge on any atom is -0.352 e. The van der Waals surface area contributed by atoms with Crippen LogP contribution < -0.4 is 10.6 Å². The van der Waals surface area contributed by atoms with Crippen LogP contribution in [-0.2, 0) is 11.0 Å². The van der Waals surface area contributed by atoms with Gasteiger partial charge in [0, 0.05) is 12.6 Å². The van der Waals surface area contributed by atoms with Crippen molar-refractivity contribution in [3.05, 3.63) is 10.6 Å². The van der Waals surface area contributed by atoms with Gasteiger partial charge in [0.15, 0.2) is 5.13 Å². The molecule has 2 fully saturated rings. The van der Waals surface area contributed by atoms with Crippen LogP contribution in [0.2, 0.25) is 0 Å². The predicted octanol–water partition coefficient (Wildman–Crippen LogP) is 2.75. The summed E-state index contributed by atoms with van der Waals surface area (Å²) in [5.74, 6) is -0.198. The van der Waals surface area contributed by atoms with E-state index in [1.165, 1.54) is 11.8 Å². The van der Waals surface area contributed by atoms with Crippen LogP contribution in [0.4, 0.5) is 23.1 Å². The molecule has 1 saturated heterocycles. The minimum absolute atomic E-state index is 0.113. The van der Waals surface area contributed by atoms with Crippen molar-refractivity contribution in [2.45, 2.75) is 50.9 Å². The molecule has 2 aliphatic rings. The Morgan fingerprint density at radius 1 is 1.29 bits per heavy atom. The third-order valence-corrected chi connectivity index (χ3v) is 5.13. The predicted molar refractivity (Wildman–Crippen MR) is 81.8 cm³/mol. The number of alkyl halides is 3. The van der Waals surface area contributed by atoms with Crippen LogP contribution in [0.25, 0.3) is 0 Å². The van der Waals surface area contributed by atoms with Gasteiger partial charge in [-0.15, -0.1) is 0 Å². The van der Waals surface area contributed by atoms with Crippen LogP contribution >= 0.6 is 11.3 Å². The van der Waals surface area contributed by atoms with E-state index in [2.05, 4.69) is 15.6 Å². The van der Waals surface area contributed by atoms with Crippen molar-refractivity contribution < 1.29 is 22.8 Å². The summed E-state index contributed by atoms with van der Waals surface area (Å²) in [6.45, 7) is 1.64. The molecule has 3 amide bonds. The molecule has 1 saturated carbocycles. The number of likely N-dealkylation sites (tertiary alicyclic amines) is 1. The smallest absolute Gasteiger partial charge is 0.352 e. The maximum absolute atomic E-state index is 12.8. The van der Waals surface area contributed by atoms with E-state index in [4.69, 9.17) is 0 Å². The molecule has 24 heavy (non-hydrogen) atoms. The van der Waals surface area contributed by atoms with Gasteiger partial charge in [-0.2, -0.15) is 13.2 Å². The first-order chi connectivity index (χ1) is 11.3. The second kappa shape index (κ2) is 6.23. The van der Waals surface area contributed by atoms with Gasteiger partial charge in [-0.25, -0.2) is 9.78 Å². The quantitative estimate of drug-likeness (QED) is 0.868. The van der Waals surface area contributed by atoms with E-state index in [1.807, 2.05) is 0 Å². The van der Waals surface area contributed by atoms with Crippen molar-refractivity contribution in [2.75, 3.05) is 11.9 Å². The Hall–Kier alpha value is -1.84. The number of hydrogen-bond acceptors (Lipinski definition) is 4. The van der Waals surface area contributed by atoms with Crippen LogP contribution in [-0.4, -0.2) is 40.5 Å². The standard InChI is InChI=1S/C14H17F3N4O2S/c1-7-10(14(15,16)17)24-12(18-7)20-13(23)21-6-2-3-9(21)11(22)19-8-4-5-8/h8-9H,2-6H2,1H3,(H,19,22)(H,18,20,23). The van der Waals surface area contributed by atoms with E-state index < -0.39 is 23.1 Å². The molecule has 2 N–H and O–H groups in total. The molecule has 0 bridgehead atoms. The number of rotatable bonds is 3. The highest BCUT2D eigenvalue weighted by Crippen LogP contribution is 2.38. The monoisotopic (exact) mass is 362 g/mol. The van der Waals surface area contributed by atoms with Crippen molar-refractivity contribution in [3.63, 3.8) is 0 Å². The highest BCUT2D eigenvalue weighted by Gasteiger charge is 2.38. The molecule has 3 rings (SSSR count). The maximum Gasteiger partial charge on any atom is 0.427 e. The number of carbonyl (C=O) groups excluding carboxylic acids is 2. The second-order valence-electron chi connectivity index (χ2n) is 6.00. The first-order valence-corrected chi connectivity index (χ1v) is 8.50. The summed E-state index contributed by atoms with van der Waals surface area (Å²) in [5, 5.41) is 5.13. The number of amides is 3. The number of nitrogens with zero attached hydrogens (tertiary/aromatic N) is 2. The highest BCUT2D eigenvalue weighted by molar-refractivity contribution is 7.16. The SMILES string of the molecule is Cc1nc(NC(=O)N2CCCC2C(=O)NC2CC2)sc1C(F)(F)F. The maximum atomic E-state index is 12.8. The first kappa shape index (κ1) is 17.0. The number of nitrogens with one attached hydrogen (secondary N) is 2. The van der Waals surface area contributed by atoms with E-state index in [0.717, 1.165) is 12.8 Å². The Morgan fingerprint density at radius 3 is 2.58 bits per heavy atom. The van der Waals surface area contributed by atoms with Gasteiger partial charge in [0.05, 0.1) is 5.69 Å². The van der Waals surface area contributed by atoms with Crippen LogP contribution in [0.5, 0.6) is 0 Å². The van der Waals surface area contributed by atoms with Crippen LogP contribution in [0.15, 0.2) is 0 Å². The fraction of sp³-hybridized carbons (Fsp3) is 0.643. The van der Waals surface area contributed by atoms with Crippen molar-refractivity contribution in [1.82, 2.24) is 15.2 Å².